The molecule has 0 spiro atoms. The number of aromatic nitrogens is 2. The van der Waals surface area contributed by atoms with Crippen LogP contribution >= 0.6 is 11.8 Å². The molecule has 2 heterocycles. The third-order valence-electron chi connectivity index (χ3n) is 3.92. The molecule has 1 amide bonds. The van der Waals surface area contributed by atoms with E-state index in [1.54, 1.807) is 15.5 Å². The highest BCUT2D eigenvalue weighted by molar-refractivity contribution is 8.00. The molecule has 0 bridgehead atoms. The normalized spacial score (nSPS) is 18.6. The van der Waals surface area contributed by atoms with Crippen LogP contribution in [0.15, 0.2) is 34.2 Å². The Labute approximate surface area is 133 Å². The van der Waals surface area contributed by atoms with Crippen LogP contribution in [0.3, 0.4) is 0 Å². The molecule has 0 N–H and O–H groups in total. The van der Waals surface area contributed by atoms with Gasteiger partial charge in [0.1, 0.15) is 0 Å². The van der Waals surface area contributed by atoms with E-state index in [4.69, 9.17) is 0 Å². The minimum absolute atomic E-state index is 0.00124. The first-order chi connectivity index (χ1) is 10.5. The first-order valence-electron chi connectivity index (χ1n) is 7.42. The second-order valence-corrected chi connectivity index (χ2v) is 7.01. The van der Waals surface area contributed by atoms with Gasteiger partial charge in [-0.3, -0.25) is 14.2 Å². The van der Waals surface area contributed by atoms with E-state index in [0.717, 1.165) is 13.0 Å². The number of benzene rings is 1. The number of hydrogen-bond donors (Lipinski definition) is 0. The summed E-state index contributed by atoms with van der Waals surface area (Å²) >= 11 is 1.41. The lowest BCUT2D eigenvalue weighted by Crippen LogP contribution is -2.27. The molecule has 1 fully saturated rings. The van der Waals surface area contributed by atoms with Crippen molar-refractivity contribution >= 4 is 28.6 Å². The van der Waals surface area contributed by atoms with Crippen LogP contribution in [-0.4, -0.2) is 39.2 Å². The maximum atomic E-state index is 12.7. The van der Waals surface area contributed by atoms with Crippen molar-refractivity contribution in [1.29, 1.82) is 0 Å². The number of hydrogen-bond acceptors (Lipinski definition) is 4. The molecule has 0 saturated carbocycles. The van der Waals surface area contributed by atoms with Gasteiger partial charge in [-0.05, 0) is 32.4 Å². The Hall–Kier alpha value is -1.82. The molecular formula is C16H19N3O2S. The third-order valence-corrected chi connectivity index (χ3v) is 5.14. The predicted octanol–water partition coefficient (Wildman–Crippen LogP) is 2.30. The van der Waals surface area contributed by atoms with Crippen LogP contribution in [0.2, 0.25) is 0 Å². The molecule has 1 atom stereocenters. The number of rotatable bonds is 3. The zero-order valence-corrected chi connectivity index (χ0v) is 13.8. The topological polar surface area (TPSA) is 55.2 Å². The van der Waals surface area contributed by atoms with E-state index in [9.17, 15) is 9.59 Å². The van der Waals surface area contributed by atoms with Gasteiger partial charge in [0.2, 0.25) is 5.91 Å². The van der Waals surface area contributed by atoms with Crippen LogP contribution in [0.4, 0.5) is 0 Å². The number of thioether (sulfide) groups is 1. The van der Waals surface area contributed by atoms with Crippen molar-refractivity contribution in [3.05, 3.63) is 34.6 Å². The Balaban J connectivity index is 2.10. The number of carbonyl (C=O) groups excluding carboxylic acids is 1. The standard InChI is InChI=1S/C16H19N3O2S/c1-10(2)19-14(20)11-6-4-5-7-12(11)17-16(19)22-13-8-9-18(3)15(13)21/h4-7,10,13H,8-9H2,1-3H3. The van der Waals surface area contributed by atoms with E-state index < -0.39 is 0 Å². The zero-order chi connectivity index (χ0) is 15.9. The molecule has 1 unspecified atom stereocenters. The lowest BCUT2D eigenvalue weighted by Gasteiger charge is -2.18. The van der Waals surface area contributed by atoms with Crippen molar-refractivity contribution in [2.24, 2.45) is 0 Å². The van der Waals surface area contributed by atoms with Crippen molar-refractivity contribution < 1.29 is 4.79 Å². The second kappa shape index (κ2) is 5.76. The Morgan fingerprint density at radius 2 is 2.00 bits per heavy atom. The summed E-state index contributed by atoms with van der Waals surface area (Å²) in [4.78, 5) is 31.2. The van der Waals surface area contributed by atoms with Gasteiger partial charge in [-0.2, -0.15) is 0 Å². The zero-order valence-electron chi connectivity index (χ0n) is 12.9. The van der Waals surface area contributed by atoms with Gasteiger partial charge >= 0.3 is 0 Å². The van der Waals surface area contributed by atoms with E-state index in [1.807, 2.05) is 39.1 Å². The van der Waals surface area contributed by atoms with Crippen molar-refractivity contribution in [1.82, 2.24) is 14.5 Å². The summed E-state index contributed by atoms with van der Waals surface area (Å²) in [5, 5.41) is 1.10. The molecule has 1 aromatic carbocycles. The van der Waals surface area contributed by atoms with Crippen LogP contribution in [0, 0.1) is 0 Å². The van der Waals surface area contributed by atoms with Crippen molar-refractivity contribution in [2.45, 2.75) is 36.7 Å². The SMILES string of the molecule is CC(C)n1c(SC2CCN(C)C2=O)nc2ccccc2c1=O. The van der Waals surface area contributed by atoms with E-state index in [-0.39, 0.29) is 22.8 Å². The number of para-hydroxylation sites is 1. The van der Waals surface area contributed by atoms with E-state index in [2.05, 4.69) is 4.98 Å². The first-order valence-corrected chi connectivity index (χ1v) is 8.30. The highest BCUT2D eigenvalue weighted by Gasteiger charge is 2.31. The summed E-state index contributed by atoms with van der Waals surface area (Å²) in [5.41, 5.74) is 0.646. The van der Waals surface area contributed by atoms with Gasteiger partial charge in [-0.15, -0.1) is 0 Å². The number of carbonyl (C=O) groups is 1. The Morgan fingerprint density at radius 1 is 1.27 bits per heavy atom. The average Bonchev–Trinajstić information content (AvgIpc) is 2.79. The Bertz CT molecular complexity index is 785. The van der Waals surface area contributed by atoms with Crippen LogP contribution < -0.4 is 5.56 Å². The third kappa shape index (κ3) is 2.52. The monoisotopic (exact) mass is 317 g/mol. The second-order valence-electron chi connectivity index (χ2n) is 5.84. The fraction of sp³-hybridized carbons (Fsp3) is 0.438. The quantitative estimate of drug-likeness (QED) is 0.815. The molecule has 1 aliphatic rings. The smallest absolute Gasteiger partial charge is 0.262 e. The molecule has 1 aromatic heterocycles. The molecule has 5 nitrogen and oxygen atoms in total. The largest absolute Gasteiger partial charge is 0.345 e. The van der Waals surface area contributed by atoms with Crippen LogP contribution in [0.25, 0.3) is 10.9 Å². The number of fused-ring (bicyclic) bond motifs is 1. The molecule has 1 saturated heterocycles. The molecule has 0 radical (unpaired) electrons. The van der Waals surface area contributed by atoms with Gasteiger partial charge in [0, 0.05) is 19.6 Å². The van der Waals surface area contributed by atoms with Gasteiger partial charge in [0.05, 0.1) is 16.2 Å². The van der Waals surface area contributed by atoms with Crippen molar-refractivity contribution in [3.8, 4) is 0 Å². The fourth-order valence-corrected chi connectivity index (χ4v) is 4.01. The van der Waals surface area contributed by atoms with E-state index >= 15 is 0 Å². The lowest BCUT2D eigenvalue weighted by molar-refractivity contribution is -0.126. The van der Waals surface area contributed by atoms with Crippen molar-refractivity contribution in [3.63, 3.8) is 0 Å². The minimum Gasteiger partial charge on any atom is -0.345 e. The van der Waals surface area contributed by atoms with Gasteiger partial charge in [-0.1, -0.05) is 23.9 Å². The lowest BCUT2D eigenvalue weighted by atomic mass is 10.2. The molecule has 22 heavy (non-hydrogen) atoms. The molecule has 0 aliphatic carbocycles. The maximum absolute atomic E-state index is 12.7. The molecule has 116 valence electrons. The molecule has 6 heteroatoms. The molecule has 3 rings (SSSR count). The highest BCUT2D eigenvalue weighted by Crippen LogP contribution is 2.30. The predicted molar refractivity (Wildman–Crippen MR) is 88.3 cm³/mol. The molecular weight excluding hydrogens is 298 g/mol. The summed E-state index contributed by atoms with van der Waals surface area (Å²) in [6.45, 7) is 4.69. The number of nitrogens with zero attached hydrogens (tertiary/aromatic N) is 3. The van der Waals surface area contributed by atoms with Gasteiger partial charge < -0.3 is 4.90 Å². The average molecular weight is 317 g/mol. The van der Waals surface area contributed by atoms with Gasteiger partial charge in [-0.25, -0.2) is 4.98 Å². The highest BCUT2D eigenvalue weighted by atomic mass is 32.2. The number of likely N-dealkylation sites (tertiary alicyclic amines) is 1. The van der Waals surface area contributed by atoms with E-state index in [0.29, 0.717) is 16.1 Å². The maximum Gasteiger partial charge on any atom is 0.262 e. The van der Waals surface area contributed by atoms with Crippen molar-refractivity contribution in [2.75, 3.05) is 13.6 Å². The summed E-state index contributed by atoms with van der Waals surface area (Å²) in [6.07, 6.45) is 0.792. The van der Waals surface area contributed by atoms with Gasteiger partial charge in [0.25, 0.3) is 5.56 Å². The number of amides is 1. The Morgan fingerprint density at radius 3 is 2.64 bits per heavy atom. The van der Waals surface area contributed by atoms with Crippen LogP contribution in [0.1, 0.15) is 26.3 Å². The molecule has 1 aliphatic heterocycles. The first kappa shape index (κ1) is 15.1. The van der Waals surface area contributed by atoms with Crippen LogP contribution in [-0.2, 0) is 4.79 Å². The minimum atomic E-state index is -0.150. The van der Waals surface area contributed by atoms with Crippen LogP contribution in [0.5, 0.6) is 0 Å². The Kier molecular flexibility index (Phi) is 3.95. The molecule has 2 aromatic rings. The van der Waals surface area contributed by atoms with E-state index in [1.165, 1.54) is 11.8 Å². The summed E-state index contributed by atoms with van der Waals surface area (Å²) in [6, 6.07) is 7.36. The summed E-state index contributed by atoms with van der Waals surface area (Å²) < 4.78 is 1.69. The summed E-state index contributed by atoms with van der Waals surface area (Å²) in [7, 11) is 1.81. The fourth-order valence-electron chi connectivity index (χ4n) is 2.69. The summed E-state index contributed by atoms with van der Waals surface area (Å²) in [5.74, 6) is 0.114. The van der Waals surface area contributed by atoms with Gasteiger partial charge in [0.15, 0.2) is 5.16 Å².